The zero-order chi connectivity index (χ0) is 20.8. The van der Waals surface area contributed by atoms with Gasteiger partial charge in [0.2, 0.25) is 0 Å². The van der Waals surface area contributed by atoms with E-state index in [-0.39, 0.29) is 21.4 Å². The fourth-order valence-electron chi connectivity index (χ4n) is 3.14. The average molecular weight is 413 g/mol. The molecule has 4 N–H and O–H groups in total. The number of fused-ring (bicyclic) bond motifs is 3. The fraction of sp³-hybridized carbons (Fsp3) is 0.0526. The molecule has 2 heterocycles. The van der Waals surface area contributed by atoms with Gasteiger partial charge in [0.25, 0.3) is 15.6 Å². The Balaban J connectivity index is 1.89. The first kappa shape index (κ1) is 18.6. The van der Waals surface area contributed by atoms with Crippen LogP contribution >= 0.6 is 0 Å². The first-order valence-electron chi connectivity index (χ1n) is 8.37. The first-order chi connectivity index (χ1) is 13.8. The predicted octanol–water partition coefficient (Wildman–Crippen LogP) is 2.52. The third-order valence-electron chi connectivity index (χ3n) is 4.48. The van der Waals surface area contributed by atoms with E-state index >= 15 is 0 Å². The minimum atomic E-state index is -3.98. The highest BCUT2D eigenvalue weighted by atomic mass is 32.2. The molecule has 0 saturated heterocycles. The highest BCUT2D eigenvalue weighted by molar-refractivity contribution is 7.92. The molecular weight excluding hydrogens is 398 g/mol. The number of pyridine rings is 1. The lowest BCUT2D eigenvalue weighted by atomic mass is 10.1. The molecule has 4 rings (SSSR count). The molecule has 0 bridgehead atoms. The van der Waals surface area contributed by atoms with Gasteiger partial charge in [-0.3, -0.25) is 9.52 Å². The number of carboxylic acid groups (broad SMARTS) is 1. The molecule has 0 aliphatic rings. The van der Waals surface area contributed by atoms with Crippen molar-refractivity contribution in [2.45, 2.75) is 4.90 Å². The molecule has 0 unspecified atom stereocenters. The second kappa shape index (κ2) is 6.67. The Morgan fingerprint density at radius 1 is 1.17 bits per heavy atom. The zero-order valence-electron chi connectivity index (χ0n) is 15.0. The molecule has 0 saturated carbocycles. The van der Waals surface area contributed by atoms with Gasteiger partial charge in [-0.05, 0) is 30.3 Å². The van der Waals surface area contributed by atoms with Crippen molar-refractivity contribution >= 4 is 43.5 Å². The summed E-state index contributed by atoms with van der Waals surface area (Å²) in [5.74, 6) is -0.743. The number of rotatable bonds is 5. The zero-order valence-corrected chi connectivity index (χ0v) is 15.8. The van der Waals surface area contributed by atoms with Crippen LogP contribution in [0.25, 0.3) is 21.8 Å². The SMILES string of the molecule is COc1cccc(NS(=O)(=O)c2ccc3[nH]c(=O)c4[nH]cc(C(=O)O)c4c3c2)c1. The Hall–Kier alpha value is -3.79. The van der Waals surface area contributed by atoms with Crippen LogP contribution in [0.5, 0.6) is 5.75 Å². The van der Waals surface area contributed by atoms with E-state index in [1.807, 2.05) is 0 Å². The van der Waals surface area contributed by atoms with E-state index in [4.69, 9.17) is 4.74 Å². The molecule has 148 valence electrons. The summed E-state index contributed by atoms with van der Waals surface area (Å²) >= 11 is 0. The summed E-state index contributed by atoms with van der Waals surface area (Å²) in [7, 11) is -2.51. The van der Waals surface area contributed by atoms with Gasteiger partial charge >= 0.3 is 5.97 Å². The molecule has 9 nitrogen and oxygen atoms in total. The number of H-pyrrole nitrogens is 2. The van der Waals surface area contributed by atoms with E-state index in [9.17, 15) is 23.1 Å². The Bertz CT molecular complexity index is 1440. The molecular formula is C19H15N3O6S. The van der Waals surface area contributed by atoms with E-state index in [2.05, 4.69) is 14.7 Å². The molecule has 0 radical (unpaired) electrons. The van der Waals surface area contributed by atoms with Crippen molar-refractivity contribution in [2.24, 2.45) is 0 Å². The van der Waals surface area contributed by atoms with Crippen LogP contribution in [0.3, 0.4) is 0 Å². The molecule has 0 fully saturated rings. The van der Waals surface area contributed by atoms with Crippen LogP contribution < -0.4 is 15.0 Å². The molecule has 29 heavy (non-hydrogen) atoms. The fourth-order valence-corrected chi connectivity index (χ4v) is 4.22. The number of aromatic carboxylic acids is 1. The van der Waals surface area contributed by atoms with Gasteiger partial charge in [-0.2, -0.15) is 0 Å². The van der Waals surface area contributed by atoms with Crippen molar-refractivity contribution in [3.63, 3.8) is 0 Å². The molecule has 0 amide bonds. The van der Waals surface area contributed by atoms with E-state index in [0.29, 0.717) is 22.3 Å². The predicted molar refractivity (Wildman–Crippen MR) is 107 cm³/mol. The molecule has 4 aromatic rings. The van der Waals surface area contributed by atoms with Crippen molar-refractivity contribution < 1.29 is 23.1 Å². The molecule has 0 atom stereocenters. The van der Waals surface area contributed by atoms with Crippen molar-refractivity contribution in [2.75, 3.05) is 11.8 Å². The van der Waals surface area contributed by atoms with Crippen LogP contribution in [0.2, 0.25) is 0 Å². The van der Waals surface area contributed by atoms with E-state index < -0.39 is 21.6 Å². The third kappa shape index (κ3) is 3.19. The van der Waals surface area contributed by atoms with Crippen molar-refractivity contribution in [1.82, 2.24) is 9.97 Å². The molecule has 0 spiro atoms. The number of anilines is 1. The van der Waals surface area contributed by atoms with Crippen LogP contribution in [-0.4, -0.2) is 36.6 Å². The second-order valence-electron chi connectivity index (χ2n) is 6.26. The number of hydrogen-bond donors (Lipinski definition) is 4. The number of sulfonamides is 1. The van der Waals surface area contributed by atoms with Gasteiger partial charge in [-0.25, -0.2) is 13.2 Å². The van der Waals surface area contributed by atoms with Crippen LogP contribution in [-0.2, 0) is 10.0 Å². The second-order valence-corrected chi connectivity index (χ2v) is 7.94. The largest absolute Gasteiger partial charge is 0.497 e. The Morgan fingerprint density at radius 2 is 1.97 bits per heavy atom. The number of hydrogen-bond acceptors (Lipinski definition) is 5. The lowest BCUT2D eigenvalue weighted by molar-refractivity contribution is 0.0699. The summed E-state index contributed by atoms with van der Waals surface area (Å²) in [4.78, 5) is 28.9. The minimum absolute atomic E-state index is 0.0604. The Morgan fingerprint density at radius 3 is 2.69 bits per heavy atom. The van der Waals surface area contributed by atoms with Gasteiger partial charge in [0.15, 0.2) is 0 Å². The van der Waals surface area contributed by atoms with Crippen LogP contribution in [0.1, 0.15) is 10.4 Å². The van der Waals surface area contributed by atoms with E-state index in [0.717, 1.165) is 0 Å². The molecule has 2 aromatic heterocycles. The maximum Gasteiger partial charge on any atom is 0.337 e. The lowest BCUT2D eigenvalue weighted by Crippen LogP contribution is -2.13. The highest BCUT2D eigenvalue weighted by Crippen LogP contribution is 2.28. The summed E-state index contributed by atoms with van der Waals surface area (Å²) in [6, 6.07) is 10.5. The number of benzene rings is 2. The number of ether oxygens (including phenoxy) is 1. The number of methoxy groups -OCH3 is 1. The smallest absolute Gasteiger partial charge is 0.337 e. The monoisotopic (exact) mass is 413 g/mol. The summed E-state index contributed by atoms with van der Waals surface area (Å²) < 4.78 is 33.3. The molecule has 0 aliphatic carbocycles. The van der Waals surface area contributed by atoms with Crippen molar-refractivity contribution in [1.29, 1.82) is 0 Å². The summed E-state index contributed by atoms with van der Waals surface area (Å²) in [5, 5.41) is 9.87. The van der Waals surface area contributed by atoms with Gasteiger partial charge in [0.1, 0.15) is 11.3 Å². The minimum Gasteiger partial charge on any atom is -0.497 e. The van der Waals surface area contributed by atoms with Gasteiger partial charge in [0, 0.05) is 28.6 Å². The van der Waals surface area contributed by atoms with E-state index in [1.165, 1.54) is 37.6 Å². The molecule has 10 heteroatoms. The quantitative estimate of drug-likeness (QED) is 0.396. The highest BCUT2D eigenvalue weighted by Gasteiger charge is 2.20. The van der Waals surface area contributed by atoms with Gasteiger partial charge < -0.3 is 19.8 Å². The van der Waals surface area contributed by atoms with Crippen LogP contribution in [0.4, 0.5) is 5.69 Å². The Kier molecular flexibility index (Phi) is 4.27. The van der Waals surface area contributed by atoms with E-state index in [1.54, 1.807) is 18.2 Å². The standard InChI is InChI=1S/C19H15N3O6S/c1-28-11-4-2-3-10(7-11)22-29(26,27)12-5-6-15-13(8-12)16-14(19(24)25)9-20-17(16)18(23)21-15/h2-9,20,22H,1H3,(H,21,23)(H,24,25). The van der Waals surface area contributed by atoms with Crippen LogP contribution in [0.15, 0.2) is 58.4 Å². The molecule has 0 aliphatic heterocycles. The van der Waals surface area contributed by atoms with Gasteiger partial charge in [-0.15, -0.1) is 0 Å². The van der Waals surface area contributed by atoms with Gasteiger partial charge in [0.05, 0.1) is 23.3 Å². The molecule has 2 aromatic carbocycles. The van der Waals surface area contributed by atoms with Gasteiger partial charge in [-0.1, -0.05) is 6.07 Å². The third-order valence-corrected chi connectivity index (χ3v) is 5.86. The van der Waals surface area contributed by atoms with Crippen LogP contribution in [0, 0.1) is 0 Å². The lowest BCUT2D eigenvalue weighted by Gasteiger charge is -2.10. The summed E-state index contributed by atoms with van der Waals surface area (Å²) in [6.45, 7) is 0. The number of carboxylic acids is 1. The number of aromatic amines is 2. The summed E-state index contributed by atoms with van der Waals surface area (Å²) in [5.41, 5.74) is 0.0792. The topological polar surface area (TPSA) is 141 Å². The van der Waals surface area contributed by atoms with Crippen molar-refractivity contribution in [3.05, 3.63) is 64.6 Å². The number of carbonyl (C=O) groups is 1. The van der Waals surface area contributed by atoms with Crippen molar-refractivity contribution in [3.8, 4) is 5.75 Å². The summed E-state index contributed by atoms with van der Waals surface area (Å²) in [6.07, 6.45) is 1.21. The Labute approximate surface area is 164 Å². The number of nitrogens with one attached hydrogen (secondary N) is 3. The normalized spacial score (nSPS) is 11.6. The average Bonchev–Trinajstić information content (AvgIpc) is 3.14. The first-order valence-corrected chi connectivity index (χ1v) is 9.86. The maximum atomic E-state index is 12.9. The number of aromatic nitrogens is 2. The maximum absolute atomic E-state index is 12.9.